The highest BCUT2D eigenvalue weighted by Crippen LogP contribution is 2.40. The van der Waals surface area contributed by atoms with Crippen LogP contribution in [0.2, 0.25) is 0 Å². The van der Waals surface area contributed by atoms with E-state index in [-0.39, 0.29) is 0 Å². The zero-order chi connectivity index (χ0) is 17.9. The third-order valence-electron chi connectivity index (χ3n) is 6.83. The maximum absolute atomic E-state index is 11.5. The van der Waals surface area contributed by atoms with Gasteiger partial charge < -0.3 is 4.74 Å². The average Bonchev–Trinajstić information content (AvgIpc) is 2.64. The predicted octanol–water partition coefficient (Wildman–Crippen LogP) is 6.71. The van der Waals surface area contributed by atoms with Crippen LogP contribution < -0.4 is 0 Å². The molecule has 0 N–H and O–H groups in total. The molecule has 2 nitrogen and oxygen atoms in total. The van der Waals surface area contributed by atoms with Gasteiger partial charge in [-0.05, 0) is 76.5 Å². The summed E-state index contributed by atoms with van der Waals surface area (Å²) >= 11 is 0. The van der Waals surface area contributed by atoms with Crippen LogP contribution in [-0.4, -0.2) is 18.5 Å². The molecule has 0 radical (unpaired) electrons. The summed E-state index contributed by atoms with van der Waals surface area (Å²) in [6.07, 6.45) is 20.2. The number of hydrogen-bond donors (Lipinski definition) is 0. The first-order valence-electron chi connectivity index (χ1n) is 11.3. The van der Waals surface area contributed by atoms with Crippen LogP contribution in [0.15, 0.2) is 0 Å². The van der Waals surface area contributed by atoms with E-state index in [1.54, 1.807) is 6.92 Å². The van der Waals surface area contributed by atoms with Crippen LogP contribution in [0.5, 0.6) is 0 Å². The smallest absolute Gasteiger partial charge is 0.132 e. The number of ketones is 1. The van der Waals surface area contributed by atoms with Crippen molar-refractivity contribution >= 4 is 5.78 Å². The number of ether oxygens (including phenoxy) is 1. The van der Waals surface area contributed by atoms with E-state index in [4.69, 9.17) is 4.74 Å². The van der Waals surface area contributed by atoms with Crippen LogP contribution in [0, 0.1) is 17.8 Å². The van der Waals surface area contributed by atoms with Crippen molar-refractivity contribution < 1.29 is 9.53 Å². The van der Waals surface area contributed by atoms with Crippen LogP contribution in [-0.2, 0) is 9.53 Å². The van der Waals surface area contributed by atoms with Gasteiger partial charge in [0.25, 0.3) is 0 Å². The summed E-state index contributed by atoms with van der Waals surface area (Å²) in [5.41, 5.74) is 0. The number of carbonyl (C=O) groups is 1. The SMILES string of the molecule is CCCCCCCCCOC1CCC(C2CCC(C(C)=O)CC2)CC1. The Kier molecular flexibility index (Phi) is 10.1. The molecule has 146 valence electrons. The number of Topliss-reactive ketones (excluding diaryl/α,β-unsaturated/α-hetero) is 1. The minimum Gasteiger partial charge on any atom is -0.378 e. The Morgan fingerprint density at radius 1 is 0.760 bits per heavy atom. The third kappa shape index (κ3) is 7.81. The van der Waals surface area contributed by atoms with E-state index >= 15 is 0 Å². The molecule has 2 aliphatic rings. The lowest BCUT2D eigenvalue weighted by molar-refractivity contribution is -0.122. The van der Waals surface area contributed by atoms with Crippen molar-refractivity contribution in [2.75, 3.05) is 6.61 Å². The second-order valence-corrected chi connectivity index (χ2v) is 8.75. The van der Waals surface area contributed by atoms with Crippen molar-refractivity contribution in [3.8, 4) is 0 Å². The molecule has 0 bridgehead atoms. The first-order valence-corrected chi connectivity index (χ1v) is 11.3. The van der Waals surface area contributed by atoms with Gasteiger partial charge in [-0.1, -0.05) is 45.4 Å². The van der Waals surface area contributed by atoms with E-state index in [9.17, 15) is 4.79 Å². The normalized spacial score (nSPS) is 30.3. The Morgan fingerprint density at radius 3 is 1.84 bits per heavy atom. The molecule has 0 amide bonds. The molecule has 2 heteroatoms. The fourth-order valence-corrected chi connectivity index (χ4v) is 5.03. The van der Waals surface area contributed by atoms with Crippen LogP contribution in [0.3, 0.4) is 0 Å². The van der Waals surface area contributed by atoms with Gasteiger partial charge in [0.1, 0.15) is 5.78 Å². The monoisotopic (exact) mass is 350 g/mol. The summed E-state index contributed by atoms with van der Waals surface area (Å²) in [5.74, 6) is 2.59. The second kappa shape index (κ2) is 12.1. The molecule has 2 fully saturated rings. The lowest BCUT2D eigenvalue weighted by Crippen LogP contribution is -2.29. The Bertz CT molecular complexity index is 349. The zero-order valence-corrected chi connectivity index (χ0v) is 16.9. The molecule has 0 aromatic rings. The molecule has 2 saturated carbocycles. The molecule has 2 rings (SSSR count). The molecule has 0 heterocycles. The summed E-state index contributed by atoms with van der Waals surface area (Å²) in [7, 11) is 0. The van der Waals surface area contributed by atoms with Crippen molar-refractivity contribution in [1.29, 1.82) is 0 Å². The van der Waals surface area contributed by atoms with Gasteiger partial charge in [0, 0.05) is 12.5 Å². The van der Waals surface area contributed by atoms with E-state index in [0.717, 1.165) is 31.3 Å². The predicted molar refractivity (Wildman–Crippen MR) is 106 cm³/mol. The minimum atomic E-state index is 0.373. The quantitative estimate of drug-likeness (QED) is 0.387. The number of carbonyl (C=O) groups excluding carboxylic acids is 1. The topological polar surface area (TPSA) is 26.3 Å². The molecule has 0 unspecified atom stereocenters. The van der Waals surface area contributed by atoms with E-state index in [0.29, 0.717) is 17.8 Å². The van der Waals surface area contributed by atoms with Gasteiger partial charge in [-0.2, -0.15) is 0 Å². The van der Waals surface area contributed by atoms with E-state index in [2.05, 4.69) is 6.92 Å². The summed E-state index contributed by atoms with van der Waals surface area (Å²) < 4.78 is 6.15. The van der Waals surface area contributed by atoms with E-state index < -0.39 is 0 Å². The summed E-state index contributed by atoms with van der Waals surface area (Å²) in [6, 6.07) is 0. The van der Waals surface area contributed by atoms with Crippen molar-refractivity contribution in [3.63, 3.8) is 0 Å². The Hall–Kier alpha value is -0.370. The molecule has 0 aromatic carbocycles. The summed E-state index contributed by atoms with van der Waals surface area (Å²) in [5, 5.41) is 0. The van der Waals surface area contributed by atoms with Gasteiger partial charge in [-0.15, -0.1) is 0 Å². The van der Waals surface area contributed by atoms with Crippen molar-refractivity contribution in [2.24, 2.45) is 17.8 Å². The van der Waals surface area contributed by atoms with Gasteiger partial charge in [-0.25, -0.2) is 0 Å². The number of unbranched alkanes of at least 4 members (excludes halogenated alkanes) is 6. The van der Waals surface area contributed by atoms with Crippen LogP contribution in [0.25, 0.3) is 0 Å². The highest BCUT2D eigenvalue weighted by Gasteiger charge is 2.32. The van der Waals surface area contributed by atoms with E-state index in [1.165, 1.54) is 83.5 Å². The first kappa shape index (κ1) is 20.9. The maximum Gasteiger partial charge on any atom is 0.132 e. The molecular weight excluding hydrogens is 308 g/mol. The van der Waals surface area contributed by atoms with Crippen molar-refractivity contribution in [2.45, 2.75) is 116 Å². The van der Waals surface area contributed by atoms with E-state index in [1.807, 2.05) is 0 Å². The molecule has 0 saturated heterocycles. The molecule has 0 aromatic heterocycles. The maximum atomic E-state index is 11.5. The van der Waals surface area contributed by atoms with Gasteiger partial charge >= 0.3 is 0 Å². The molecule has 25 heavy (non-hydrogen) atoms. The average molecular weight is 351 g/mol. The molecule has 0 spiro atoms. The highest BCUT2D eigenvalue weighted by molar-refractivity contribution is 5.78. The number of rotatable bonds is 11. The molecule has 0 aliphatic heterocycles. The van der Waals surface area contributed by atoms with Gasteiger partial charge in [-0.3, -0.25) is 4.79 Å². The minimum absolute atomic E-state index is 0.373. The Labute approximate surface area is 156 Å². The Morgan fingerprint density at radius 2 is 1.28 bits per heavy atom. The fraction of sp³-hybridized carbons (Fsp3) is 0.957. The fourth-order valence-electron chi connectivity index (χ4n) is 5.03. The second-order valence-electron chi connectivity index (χ2n) is 8.75. The first-order chi connectivity index (χ1) is 12.2. The van der Waals surface area contributed by atoms with Gasteiger partial charge in [0.15, 0.2) is 0 Å². The molecule has 2 aliphatic carbocycles. The van der Waals surface area contributed by atoms with Gasteiger partial charge in [0.2, 0.25) is 0 Å². The largest absolute Gasteiger partial charge is 0.378 e. The van der Waals surface area contributed by atoms with Crippen LogP contribution in [0.4, 0.5) is 0 Å². The van der Waals surface area contributed by atoms with Crippen LogP contribution >= 0.6 is 0 Å². The molecule has 0 atom stereocenters. The lowest BCUT2D eigenvalue weighted by atomic mass is 9.70. The zero-order valence-electron chi connectivity index (χ0n) is 16.9. The van der Waals surface area contributed by atoms with Crippen LogP contribution in [0.1, 0.15) is 110 Å². The highest BCUT2D eigenvalue weighted by atomic mass is 16.5. The third-order valence-corrected chi connectivity index (χ3v) is 6.83. The Balaban J connectivity index is 1.48. The van der Waals surface area contributed by atoms with Crippen molar-refractivity contribution in [3.05, 3.63) is 0 Å². The lowest BCUT2D eigenvalue weighted by Gasteiger charge is -2.37. The van der Waals surface area contributed by atoms with Crippen molar-refractivity contribution in [1.82, 2.24) is 0 Å². The molecular formula is C23H42O2. The summed E-state index contributed by atoms with van der Waals surface area (Å²) in [6.45, 7) is 5.03. The van der Waals surface area contributed by atoms with Gasteiger partial charge in [0.05, 0.1) is 6.10 Å². The number of hydrogen-bond acceptors (Lipinski definition) is 2. The summed E-state index contributed by atoms with van der Waals surface area (Å²) in [4.78, 5) is 11.5. The standard InChI is InChI=1S/C23H42O2/c1-3-4-5-6-7-8-9-18-25-23-16-14-22(15-17-23)21-12-10-20(11-13-21)19(2)24/h20-23H,3-18H2,1-2H3.